The summed E-state index contributed by atoms with van der Waals surface area (Å²) in [7, 11) is 0. The van der Waals surface area contributed by atoms with Crippen molar-refractivity contribution < 1.29 is 23.2 Å². The fourth-order valence-corrected chi connectivity index (χ4v) is 2.35. The van der Waals surface area contributed by atoms with Crippen LogP contribution < -0.4 is 10.1 Å². The monoisotopic (exact) mass is 350 g/mol. The first kappa shape index (κ1) is 18.3. The van der Waals surface area contributed by atoms with Crippen LogP contribution in [0.25, 0.3) is 0 Å². The predicted molar refractivity (Wildman–Crippen MR) is 86.7 cm³/mol. The smallest absolute Gasteiger partial charge is 0.387 e. The standard InChI is InChI=1S/C17H16F2N2O4/c1-2-14(13-5-3-4-6-15(13)25-17(18)19)20-16(22)11-7-9-12(10-8-11)21(23)24/h3-10,14,17H,2H2,1H3,(H,20,22). The molecule has 2 aromatic rings. The van der Waals surface area contributed by atoms with Gasteiger partial charge in [-0.25, -0.2) is 0 Å². The molecule has 1 N–H and O–H groups in total. The molecule has 0 radical (unpaired) electrons. The highest BCUT2D eigenvalue weighted by Gasteiger charge is 2.19. The fraction of sp³-hybridized carbons (Fsp3) is 0.235. The van der Waals surface area contributed by atoms with Crippen LogP contribution in [-0.4, -0.2) is 17.4 Å². The molecule has 1 atom stereocenters. The summed E-state index contributed by atoms with van der Waals surface area (Å²) in [5, 5.41) is 13.4. The van der Waals surface area contributed by atoms with Crippen LogP contribution in [0, 0.1) is 10.1 Å². The van der Waals surface area contributed by atoms with E-state index in [1.807, 2.05) is 0 Å². The molecule has 1 unspecified atom stereocenters. The van der Waals surface area contributed by atoms with Crippen LogP contribution in [0.15, 0.2) is 48.5 Å². The Hall–Kier alpha value is -3.03. The second kappa shape index (κ2) is 8.18. The van der Waals surface area contributed by atoms with E-state index in [2.05, 4.69) is 10.1 Å². The topological polar surface area (TPSA) is 81.5 Å². The summed E-state index contributed by atoms with van der Waals surface area (Å²) in [6, 6.07) is 10.8. The van der Waals surface area contributed by atoms with Crippen molar-refractivity contribution in [3.63, 3.8) is 0 Å². The SMILES string of the molecule is CCC(NC(=O)c1ccc([N+](=O)[O-])cc1)c1ccccc1OC(F)F. The quantitative estimate of drug-likeness (QED) is 0.603. The summed E-state index contributed by atoms with van der Waals surface area (Å²) in [5.74, 6) is -0.470. The molecule has 0 bridgehead atoms. The Balaban J connectivity index is 2.19. The normalized spacial score (nSPS) is 11.8. The predicted octanol–water partition coefficient (Wildman–Crippen LogP) is 4.08. The summed E-state index contributed by atoms with van der Waals surface area (Å²) in [6.07, 6.45) is 0.447. The van der Waals surface area contributed by atoms with E-state index >= 15 is 0 Å². The summed E-state index contributed by atoms with van der Waals surface area (Å²) in [6.45, 7) is -1.18. The summed E-state index contributed by atoms with van der Waals surface area (Å²) in [4.78, 5) is 22.4. The first-order chi connectivity index (χ1) is 11.9. The van der Waals surface area contributed by atoms with Crippen molar-refractivity contribution in [2.24, 2.45) is 0 Å². The van der Waals surface area contributed by atoms with E-state index in [-0.39, 0.29) is 17.0 Å². The number of hydrogen-bond donors (Lipinski definition) is 1. The van der Waals surface area contributed by atoms with Gasteiger partial charge in [-0.15, -0.1) is 0 Å². The molecule has 132 valence electrons. The molecular formula is C17H16F2N2O4. The zero-order valence-electron chi connectivity index (χ0n) is 13.3. The lowest BCUT2D eigenvalue weighted by Crippen LogP contribution is -2.28. The van der Waals surface area contributed by atoms with Gasteiger partial charge in [-0.1, -0.05) is 25.1 Å². The molecule has 0 aliphatic rings. The highest BCUT2D eigenvalue weighted by Crippen LogP contribution is 2.28. The second-order valence-electron chi connectivity index (χ2n) is 5.15. The number of amides is 1. The van der Waals surface area contributed by atoms with Crippen LogP contribution in [0.5, 0.6) is 5.75 Å². The van der Waals surface area contributed by atoms with Crippen LogP contribution in [0.1, 0.15) is 35.3 Å². The molecule has 0 saturated heterocycles. The zero-order chi connectivity index (χ0) is 18.4. The largest absolute Gasteiger partial charge is 0.434 e. The molecule has 2 rings (SSSR count). The van der Waals surface area contributed by atoms with Crippen molar-refractivity contribution in [1.82, 2.24) is 5.32 Å². The molecule has 6 nitrogen and oxygen atoms in total. The third kappa shape index (κ3) is 4.72. The van der Waals surface area contributed by atoms with E-state index in [0.717, 1.165) is 0 Å². The molecule has 0 spiro atoms. The van der Waals surface area contributed by atoms with Gasteiger partial charge < -0.3 is 10.1 Å². The molecular weight excluding hydrogens is 334 g/mol. The first-order valence-corrected chi connectivity index (χ1v) is 7.51. The highest BCUT2D eigenvalue weighted by atomic mass is 19.3. The Bertz CT molecular complexity index is 751. The molecule has 0 saturated carbocycles. The maximum absolute atomic E-state index is 12.5. The number of nitro benzene ring substituents is 1. The van der Waals surface area contributed by atoms with Crippen molar-refractivity contribution in [3.8, 4) is 5.75 Å². The van der Waals surface area contributed by atoms with Gasteiger partial charge >= 0.3 is 6.61 Å². The van der Waals surface area contributed by atoms with Crippen molar-refractivity contribution in [2.45, 2.75) is 26.0 Å². The van der Waals surface area contributed by atoms with E-state index in [9.17, 15) is 23.7 Å². The number of halogens is 2. The van der Waals surface area contributed by atoms with E-state index < -0.39 is 23.5 Å². The molecule has 2 aromatic carbocycles. The lowest BCUT2D eigenvalue weighted by molar-refractivity contribution is -0.384. The van der Waals surface area contributed by atoms with Gasteiger partial charge in [0.05, 0.1) is 11.0 Å². The number of alkyl halides is 2. The fourth-order valence-electron chi connectivity index (χ4n) is 2.35. The van der Waals surface area contributed by atoms with Gasteiger partial charge in [-0.05, 0) is 24.6 Å². The summed E-state index contributed by atoms with van der Waals surface area (Å²) < 4.78 is 29.6. The van der Waals surface area contributed by atoms with E-state index in [0.29, 0.717) is 12.0 Å². The summed E-state index contributed by atoms with van der Waals surface area (Å²) in [5.41, 5.74) is 0.538. The molecule has 0 aliphatic carbocycles. The van der Waals surface area contributed by atoms with Gasteiger partial charge in [0.25, 0.3) is 11.6 Å². The molecule has 0 heterocycles. The number of carbonyl (C=O) groups is 1. The number of carbonyl (C=O) groups excluding carboxylic acids is 1. The van der Waals surface area contributed by atoms with Crippen LogP contribution in [0.4, 0.5) is 14.5 Å². The van der Waals surface area contributed by atoms with Crippen molar-refractivity contribution in [2.75, 3.05) is 0 Å². The molecule has 0 aliphatic heterocycles. The Morgan fingerprint density at radius 3 is 2.40 bits per heavy atom. The highest BCUT2D eigenvalue weighted by molar-refractivity contribution is 5.94. The Kier molecular flexibility index (Phi) is 5.99. The van der Waals surface area contributed by atoms with Crippen molar-refractivity contribution in [3.05, 3.63) is 69.8 Å². The number of benzene rings is 2. The third-order valence-corrected chi connectivity index (χ3v) is 3.56. The van der Waals surface area contributed by atoms with Gasteiger partial charge in [0.2, 0.25) is 0 Å². The molecule has 8 heteroatoms. The van der Waals surface area contributed by atoms with Gasteiger partial charge in [0.1, 0.15) is 5.75 Å². The maximum Gasteiger partial charge on any atom is 0.387 e. The number of rotatable bonds is 7. The van der Waals surface area contributed by atoms with E-state index in [4.69, 9.17) is 0 Å². The summed E-state index contributed by atoms with van der Waals surface area (Å²) >= 11 is 0. The molecule has 1 amide bonds. The first-order valence-electron chi connectivity index (χ1n) is 7.51. The number of nitrogens with one attached hydrogen (secondary N) is 1. The molecule has 0 fully saturated rings. The average molecular weight is 350 g/mol. The number of nitro groups is 1. The molecule has 0 aromatic heterocycles. The van der Waals surface area contributed by atoms with Crippen LogP contribution >= 0.6 is 0 Å². The second-order valence-corrected chi connectivity index (χ2v) is 5.15. The number of para-hydroxylation sites is 1. The zero-order valence-corrected chi connectivity index (χ0v) is 13.3. The number of ether oxygens (including phenoxy) is 1. The average Bonchev–Trinajstić information content (AvgIpc) is 2.59. The molecule has 25 heavy (non-hydrogen) atoms. The van der Waals surface area contributed by atoms with Gasteiger partial charge in [0, 0.05) is 23.3 Å². The minimum Gasteiger partial charge on any atom is -0.434 e. The maximum atomic E-state index is 12.5. The minimum atomic E-state index is -2.97. The van der Waals surface area contributed by atoms with Crippen LogP contribution in [0.3, 0.4) is 0 Å². The Labute approximate surface area is 142 Å². The number of nitrogens with zero attached hydrogens (tertiary/aromatic N) is 1. The van der Waals surface area contributed by atoms with Crippen LogP contribution in [-0.2, 0) is 0 Å². The Morgan fingerprint density at radius 1 is 1.20 bits per heavy atom. The van der Waals surface area contributed by atoms with Gasteiger partial charge in [0.15, 0.2) is 0 Å². The van der Waals surface area contributed by atoms with Crippen molar-refractivity contribution in [1.29, 1.82) is 0 Å². The van der Waals surface area contributed by atoms with E-state index in [1.54, 1.807) is 25.1 Å². The van der Waals surface area contributed by atoms with Crippen LogP contribution in [0.2, 0.25) is 0 Å². The lowest BCUT2D eigenvalue weighted by Gasteiger charge is -2.20. The van der Waals surface area contributed by atoms with Crippen molar-refractivity contribution >= 4 is 11.6 Å². The number of non-ortho nitro benzene ring substituents is 1. The van der Waals surface area contributed by atoms with Gasteiger partial charge in [-0.3, -0.25) is 14.9 Å². The minimum absolute atomic E-state index is 0.00616. The third-order valence-electron chi connectivity index (χ3n) is 3.56. The number of hydrogen-bond acceptors (Lipinski definition) is 4. The lowest BCUT2D eigenvalue weighted by atomic mass is 10.0. The van der Waals surface area contributed by atoms with Gasteiger partial charge in [-0.2, -0.15) is 8.78 Å². The van der Waals surface area contributed by atoms with E-state index in [1.165, 1.54) is 30.3 Å². The Morgan fingerprint density at radius 2 is 1.84 bits per heavy atom.